The van der Waals surface area contributed by atoms with Crippen molar-refractivity contribution in [2.45, 2.75) is 58.0 Å². The van der Waals surface area contributed by atoms with Crippen LogP contribution < -0.4 is 10.6 Å². The van der Waals surface area contributed by atoms with E-state index in [1.54, 1.807) is 9.80 Å². The molecule has 0 spiro atoms. The average Bonchev–Trinajstić information content (AvgIpc) is 3.08. The van der Waals surface area contributed by atoms with Crippen LogP contribution in [0.3, 0.4) is 0 Å². The predicted octanol–water partition coefficient (Wildman–Crippen LogP) is 2.19. The molecule has 1 atom stereocenters. The van der Waals surface area contributed by atoms with Gasteiger partial charge in [0.2, 0.25) is 17.7 Å². The Balaban J connectivity index is 1.63. The molecule has 3 heterocycles. The van der Waals surface area contributed by atoms with Crippen LogP contribution in [0.25, 0.3) is 0 Å². The van der Waals surface area contributed by atoms with Crippen molar-refractivity contribution in [1.82, 2.24) is 14.9 Å². The molecule has 162 valence electrons. The highest BCUT2D eigenvalue weighted by Gasteiger charge is 2.35. The molecule has 2 aliphatic heterocycles. The molecule has 0 saturated carbocycles. The van der Waals surface area contributed by atoms with Crippen LogP contribution in [-0.4, -0.2) is 39.1 Å². The fourth-order valence-electron chi connectivity index (χ4n) is 4.35. The van der Waals surface area contributed by atoms with Gasteiger partial charge in [0.05, 0.1) is 19.0 Å². The summed E-state index contributed by atoms with van der Waals surface area (Å²) >= 11 is 0. The van der Waals surface area contributed by atoms with E-state index in [0.29, 0.717) is 31.2 Å². The van der Waals surface area contributed by atoms with E-state index in [-0.39, 0.29) is 30.7 Å². The number of amides is 3. The summed E-state index contributed by atoms with van der Waals surface area (Å²) in [5.74, 6) is 0.623. The summed E-state index contributed by atoms with van der Waals surface area (Å²) < 4.78 is 0. The van der Waals surface area contributed by atoms with Gasteiger partial charge >= 0.3 is 0 Å². The Morgan fingerprint density at radius 2 is 1.90 bits per heavy atom. The number of nitrogens with zero attached hydrogens (tertiary/aromatic N) is 4. The molecule has 0 radical (unpaired) electrons. The van der Waals surface area contributed by atoms with E-state index in [0.717, 1.165) is 36.1 Å². The molecule has 8 nitrogen and oxygen atoms in total. The number of carbonyl (C=O) groups is 3. The lowest BCUT2D eigenvalue weighted by Crippen LogP contribution is -2.39. The number of aromatic nitrogens is 2. The maximum absolute atomic E-state index is 12.8. The van der Waals surface area contributed by atoms with Crippen molar-refractivity contribution in [1.29, 1.82) is 0 Å². The molecule has 1 aromatic carbocycles. The number of likely N-dealkylation sites (tertiary alicyclic amines) is 1. The zero-order valence-electron chi connectivity index (χ0n) is 17.7. The van der Waals surface area contributed by atoms with Crippen molar-refractivity contribution >= 4 is 23.5 Å². The molecule has 2 N–H and O–H groups in total. The number of nitrogens with two attached hydrogens (primary N) is 1. The summed E-state index contributed by atoms with van der Waals surface area (Å²) in [6.07, 6.45) is 3.05. The first kappa shape index (κ1) is 21.0. The Hall–Kier alpha value is -3.29. The lowest BCUT2D eigenvalue weighted by Gasteiger charge is -2.35. The highest BCUT2D eigenvalue weighted by Crippen LogP contribution is 2.35. The summed E-state index contributed by atoms with van der Waals surface area (Å²) in [6.45, 7) is 2.95. The van der Waals surface area contributed by atoms with Gasteiger partial charge in [-0.05, 0) is 31.7 Å². The molecule has 0 unspecified atom stereocenters. The van der Waals surface area contributed by atoms with E-state index in [9.17, 15) is 14.4 Å². The lowest BCUT2D eigenvalue weighted by atomic mass is 10.00. The van der Waals surface area contributed by atoms with Gasteiger partial charge in [0.15, 0.2) is 5.82 Å². The molecule has 4 rings (SSSR count). The Labute approximate surface area is 181 Å². The van der Waals surface area contributed by atoms with E-state index in [1.165, 1.54) is 0 Å². The molecule has 8 heteroatoms. The predicted molar refractivity (Wildman–Crippen MR) is 115 cm³/mol. The third-order valence-electron chi connectivity index (χ3n) is 5.98. The lowest BCUT2D eigenvalue weighted by molar-refractivity contribution is -0.136. The minimum Gasteiger partial charge on any atom is -0.370 e. The summed E-state index contributed by atoms with van der Waals surface area (Å²) in [4.78, 5) is 49.6. The molecule has 1 saturated heterocycles. The van der Waals surface area contributed by atoms with Gasteiger partial charge in [0.25, 0.3) is 0 Å². The van der Waals surface area contributed by atoms with Gasteiger partial charge in [-0.3, -0.25) is 19.3 Å². The molecule has 0 aliphatic carbocycles. The molecule has 1 aromatic heterocycles. The van der Waals surface area contributed by atoms with Gasteiger partial charge in [-0.2, -0.15) is 0 Å². The van der Waals surface area contributed by atoms with E-state index in [4.69, 9.17) is 15.7 Å². The Morgan fingerprint density at radius 1 is 1.13 bits per heavy atom. The van der Waals surface area contributed by atoms with Crippen LogP contribution in [0.15, 0.2) is 30.3 Å². The topological polar surface area (TPSA) is 109 Å². The molecular weight excluding hydrogens is 394 g/mol. The average molecular weight is 422 g/mol. The van der Waals surface area contributed by atoms with Crippen LogP contribution in [0.1, 0.15) is 60.8 Å². The first-order chi connectivity index (χ1) is 14.9. The fraction of sp³-hybridized carbons (Fsp3) is 0.435. The first-order valence-electron chi connectivity index (χ1n) is 10.7. The quantitative estimate of drug-likeness (QED) is 0.769. The number of hydrogen-bond acceptors (Lipinski definition) is 5. The number of fused-ring (bicyclic) bond motifs is 1. The van der Waals surface area contributed by atoms with Crippen molar-refractivity contribution in [3.8, 4) is 0 Å². The highest BCUT2D eigenvalue weighted by atomic mass is 16.2. The number of hydrogen-bond donors (Lipinski definition) is 1. The maximum atomic E-state index is 12.8. The van der Waals surface area contributed by atoms with Gasteiger partial charge in [-0.15, -0.1) is 0 Å². The van der Waals surface area contributed by atoms with Crippen molar-refractivity contribution in [3.63, 3.8) is 0 Å². The second-order valence-corrected chi connectivity index (χ2v) is 8.18. The van der Waals surface area contributed by atoms with Gasteiger partial charge in [0.1, 0.15) is 5.82 Å². The number of anilines is 1. The number of primary amides is 1. The Morgan fingerprint density at radius 3 is 2.65 bits per heavy atom. The van der Waals surface area contributed by atoms with Crippen molar-refractivity contribution in [2.24, 2.45) is 5.73 Å². The van der Waals surface area contributed by atoms with E-state index in [2.05, 4.69) is 0 Å². The van der Waals surface area contributed by atoms with Gasteiger partial charge in [0, 0.05) is 30.6 Å². The molecule has 2 aliphatic rings. The third kappa shape index (κ3) is 4.42. The van der Waals surface area contributed by atoms with Crippen molar-refractivity contribution < 1.29 is 14.4 Å². The number of piperidine rings is 1. The van der Waals surface area contributed by atoms with Crippen LogP contribution in [0, 0.1) is 6.92 Å². The Bertz CT molecular complexity index is 1010. The van der Waals surface area contributed by atoms with Crippen LogP contribution >= 0.6 is 0 Å². The van der Waals surface area contributed by atoms with Gasteiger partial charge < -0.3 is 10.6 Å². The monoisotopic (exact) mass is 421 g/mol. The summed E-state index contributed by atoms with van der Waals surface area (Å²) in [5, 5.41) is 0. The van der Waals surface area contributed by atoms with Crippen molar-refractivity contribution in [3.05, 3.63) is 53.0 Å². The number of rotatable bonds is 6. The Kier molecular flexibility index (Phi) is 5.97. The number of benzene rings is 1. The third-order valence-corrected chi connectivity index (χ3v) is 5.98. The molecule has 2 aromatic rings. The van der Waals surface area contributed by atoms with Gasteiger partial charge in [-0.1, -0.05) is 30.3 Å². The molecular formula is C23H27N5O3. The normalized spacial score (nSPS) is 18.2. The smallest absolute Gasteiger partial charge is 0.233 e. The minimum atomic E-state index is -0.485. The number of carbonyl (C=O) groups excluding carboxylic acids is 3. The first-order valence-corrected chi connectivity index (χ1v) is 10.7. The zero-order valence-corrected chi connectivity index (χ0v) is 17.7. The standard InChI is InChI=1S/C23H27N5O3/c1-15-17-13-21(31)28(14-16-7-3-2-4-8-16)23(17)26-22(25-15)18-9-5-6-12-27(18)20(30)11-10-19(24)29/h2-4,7-8,18H,5-6,9-14H2,1H3,(H2,24,29)/t18-/m1/s1. The second-order valence-electron chi connectivity index (χ2n) is 8.18. The van der Waals surface area contributed by atoms with Crippen LogP contribution in [0.2, 0.25) is 0 Å². The minimum absolute atomic E-state index is 0.00596. The second kappa shape index (κ2) is 8.83. The largest absolute Gasteiger partial charge is 0.370 e. The molecule has 31 heavy (non-hydrogen) atoms. The summed E-state index contributed by atoms with van der Waals surface area (Å²) in [6, 6.07) is 9.56. The summed E-state index contributed by atoms with van der Waals surface area (Å²) in [7, 11) is 0. The fourth-order valence-corrected chi connectivity index (χ4v) is 4.35. The van der Waals surface area contributed by atoms with Crippen molar-refractivity contribution in [2.75, 3.05) is 11.4 Å². The number of aryl methyl sites for hydroxylation is 1. The maximum Gasteiger partial charge on any atom is 0.233 e. The summed E-state index contributed by atoms with van der Waals surface area (Å²) in [5.41, 5.74) is 7.88. The van der Waals surface area contributed by atoms with Crippen LogP contribution in [-0.2, 0) is 27.3 Å². The van der Waals surface area contributed by atoms with Crippen LogP contribution in [0.5, 0.6) is 0 Å². The SMILES string of the molecule is Cc1nc([C@H]2CCCCN2C(=O)CCC(N)=O)nc2c1CC(=O)N2Cc1ccccc1. The van der Waals surface area contributed by atoms with E-state index in [1.807, 2.05) is 37.3 Å². The molecule has 1 fully saturated rings. The molecule has 0 bridgehead atoms. The molecule has 3 amide bonds. The zero-order chi connectivity index (χ0) is 22.0. The van der Waals surface area contributed by atoms with Crippen LogP contribution in [0.4, 0.5) is 5.82 Å². The van der Waals surface area contributed by atoms with Gasteiger partial charge in [-0.25, -0.2) is 9.97 Å². The van der Waals surface area contributed by atoms with E-state index < -0.39 is 5.91 Å². The highest BCUT2D eigenvalue weighted by molar-refractivity contribution is 6.00. The van der Waals surface area contributed by atoms with E-state index >= 15 is 0 Å².